The van der Waals surface area contributed by atoms with Crippen LogP contribution in [0.2, 0.25) is 0 Å². The molecule has 1 N–H and O–H groups in total. The van der Waals surface area contributed by atoms with Crippen LogP contribution in [-0.4, -0.2) is 50.7 Å². The minimum atomic E-state index is -0.245. The standard InChI is InChI=1S/C17H28N2O2/c1-5-14(2)19(3)12-11-18-13-16(17(20)21-4)15-9-7-6-8-10-15/h6-10,14,16,18H,5,11-13H2,1-4H3. The third-order valence-electron chi connectivity index (χ3n) is 4.02. The van der Waals surface area contributed by atoms with Crippen LogP contribution < -0.4 is 5.32 Å². The van der Waals surface area contributed by atoms with E-state index in [1.807, 2.05) is 30.3 Å². The van der Waals surface area contributed by atoms with Gasteiger partial charge in [0.1, 0.15) is 0 Å². The highest BCUT2D eigenvalue weighted by molar-refractivity contribution is 5.78. The lowest BCUT2D eigenvalue weighted by Crippen LogP contribution is -2.37. The fourth-order valence-corrected chi connectivity index (χ4v) is 2.20. The summed E-state index contributed by atoms with van der Waals surface area (Å²) in [5.41, 5.74) is 0.993. The Labute approximate surface area is 128 Å². The molecule has 2 atom stereocenters. The molecule has 1 rings (SSSR count). The van der Waals surface area contributed by atoms with E-state index < -0.39 is 0 Å². The predicted octanol–water partition coefficient (Wildman–Crippen LogP) is 2.26. The van der Waals surface area contributed by atoms with Gasteiger partial charge in [-0.05, 0) is 26.0 Å². The average Bonchev–Trinajstić information content (AvgIpc) is 2.53. The molecule has 0 amide bonds. The third kappa shape index (κ3) is 5.86. The van der Waals surface area contributed by atoms with E-state index in [1.165, 1.54) is 7.11 Å². The normalized spacial score (nSPS) is 14.0. The molecule has 2 unspecified atom stereocenters. The summed E-state index contributed by atoms with van der Waals surface area (Å²) in [7, 11) is 3.57. The Hall–Kier alpha value is -1.39. The van der Waals surface area contributed by atoms with Gasteiger partial charge >= 0.3 is 5.97 Å². The van der Waals surface area contributed by atoms with Crippen molar-refractivity contribution in [3.63, 3.8) is 0 Å². The Morgan fingerprint density at radius 2 is 2.00 bits per heavy atom. The molecular weight excluding hydrogens is 264 g/mol. The summed E-state index contributed by atoms with van der Waals surface area (Å²) in [6.45, 7) is 6.85. The van der Waals surface area contributed by atoms with Gasteiger partial charge in [-0.2, -0.15) is 0 Å². The molecule has 0 bridgehead atoms. The molecule has 1 aromatic carbocycles. The number of nitrogens with zero attached hydrogens (tertiary/aromatic N) is 1. The van der Waals surface area contributed by atoms with Gasteiger partial charge in [0.15, 0.2) is 0 Å². The van der Waals surface area contributed by atoms with Crippen molar-refractivity contribution in [3.05, 3.63) is 35.9 Å². The maximum Gasteiger partial charge on any atom is 0.314 e. The quantitative estimate of drug-likeness (QED) is 0.560. The minimum absolute atomic E-state index is 0.191. The largest absolute Gasteiger partial charge is 0.469 e. The molecule has 0 saturated carbocycles. The van der Waals surface area contributed by atoms with Crippen molar-refractivity contribution in [2.45, 2.75) is 32.2 Å². The van der Waals surface area contributed by atoms with Crippen LogP contribution in [0.25, 0.3) is 0 Å². The molecule has 1 aromatic rings. The van der Waals surface area contributed by atoms with E-state index in [0.29, 0.717) is 12.6 Å². The first kappa shape index (κ1) is 17.7. The fraction of sp³-hybridized carbons (Fsp3) is 0.588. The van der Waals surface area contributed by atoms with Gasteiger partial charge in [-0.15, -0.1) is 0 Å². The molecule has 118 valence electrons. The van der Waals surface area contributed by atoms with Crippen LogP contribution in [0.1, 0.15) is 31.7 Å². The molecule has 4 nitrogen and oxygen atoms in total. The Bertz CT molecular complexity index is 409. The summed E-state index contributed by atoms with van der Waals surface area (Å²) < 4.78 is 4.91. The number of rotatable bonds is 9. The van der Waals surface area contributed by atoms with Gasteiger partial charge in [0.05, 0.1) is 13.0 Å². The molecule has 0 aliphatic rings. The van der Waals surface area contributed by atoms with Gasteiger partial charge in [0, 0.05) is 25.7 Å². The zero-order chi connectivity index (χ0) is 15.7. The number of hydrogen-bond acceptors (Lipinski definition) is 4. The van der Waals surface area contributed by atoms with Gasteiger partial charge in [-0.25, -0.2) is 0 Å². The van der Waals surface area contributed by atoms with E-state index in [1.54, 1.807) is 0 Å². The molecule has 0 aromatic heterocycles. The van der Waals surface area contributed by atoms with Crippen LogP contribution in [0.4, 0.5) is 0 Å². The zero-order valence-corrected chi connectivity index (χ0v) is 13.6. The van der Waals surface area contributed by atoms with Crippen LogP contribution in [0.3, 0.4) is 0 Å². The second kappa shape index (κ2) is 9.53. The molecule has 0 radical (unpaired) electrons. The molecule has 0 heterocycles. The first-order chi connectivity index (χ1) is 10.1. The van der Waals surface area contributed by atoms with Crippen molar-refractivity contribution in [3.8, 4) is 0 Å². The molecule has 0 aliphatic carbocycles. The highest BCUT2D eigenvalue weighted by atomic mass is 16.5. The highest BCUT2D eigenvalue weighted by Crippen LogP contribution is 2.16. The minimum Gasteiger partial charge on any atom is -0.469 e. The van der Waals surface area contributed by atoms with Crippen molar-refractivity contribution in [2.24, 2.45) is 0 Å². The van der Waals surface area contributed by atoms with E-state index in [4.69, 9.17) is 4.74 Å². The summed E-state index contributed by atoms with van der Waals surface area (Å²) in [5.74, 6) is -0.436. The summed E-state index contributed by atoms with van der Waals surface area (Å²) in [6, 6.07) is 10.4. The number of carbonyl (C=O) groups is 1. The Balaban J connectivity index is 2.47. The number of carbonyl (C=O) groups excluding carboxylic acids is 1. The molecule has 0 fully saturated rings. The molecule has 21 heavy (non-hydrogen) atoms. The highest BCUT2D eigenvalue weighted by Gasteiger charge is 2.20. The Morgan fingerprint density at radius 1 is 1.33 bits per heavy atom. The smallest absolute Gasteiger partial charge is 0.314 e. The second-order valence-electron chi connectivity index (χ2n) is 5.43. The number of nitrogens with one attached hydrogen (secondary N) is 1. The second-order valence-corrected chi connectivity index (χ2v) is 5.43. The van der Waals surface area contributed by atoms with E-state index in [9.17, 15) is 4.79 Å². The monoisotopic (exact) mass is 292 g/mol. The lowest BCUT2D eigenvalue weighted by Gasteiger charge is -2.24. The molecule has 0 spiro atoms. The first-order valence-corrected chi connectivity index (χ1v) is 7.63. The van der Waals surface area contributed by atoms with Gasteiger partial charge in [-0.3, -0.25) is 4.79 Å². The fourth-order valence-electron chi connectivity index (χ4n) is 2.20. The van der Waals surface area contributed by atoms with Crippen LogP contribution >= 0.6 is 0 Å². The van der Waals surface area contributed by atoms with Gasteiger partial charge < -0.3 is 15.0 Å². The number of benzene rings is 1. The Morgan fingerprint density at radius 3 is 2.57 bits per heavy atom. The molecular formula is C17H28N2O2. The topological polar surface area (TPSA) is 41.6 Å². The number of ether oxygens (including phenoxy) is 1. The predicted molar refractivity (Wildman–Crippen MR) is 86.5 cm³/mol. The van der Waals surface area contributed by atoms with Crippen molar-refractivity contribution in [2.75, 3.05) is 33.8 Å². The zero-order valence-electron chi connectivity index (χ0n) is 13.6. The lowest BCUT2D eigenvalue weighted by atomic mass is 9.99. The summed E-state index contributed by atoms with van der Waals surface area (Å²) in [6.07, 6.45) is 1.14. The van der Waals surface area contributed by atoms with Crippen molar-refractivity contribution in [1.29, 1.82) is 0 Å². The van der Waals surface area contributed by atoms with E-state index in [0.717, 1.165) is 25.1 Å². The number of esters is 1. The van der Waals surface area contributed by atoms with E-state index >= 15 is 0 Å². The third-order valence-corrected chi connectivity index (χ3v) is 4.02. The molecule has 0 saturated heterocycles. The van der Waals surface area contributed by atoms with Crippen LogP contribution in [0.5, 0.6) is 0 Å². The van der Waals surface area contributed by atoms with Gasteiger partial charge in [-0.1, -0.05) is 37.3 Å². The number of likely N-dealkylation sites (N-methyl/N-ethyl adjacent to an activating group) is 1. The van der Waals surface area contributed by atoms with E-state index in [-0.39, 0.29) is 11.9 Å². The summed E-state index contributed by atoms with van der Waals surface area (Å²) in [4.78, 5) is 14.2. The van der Waals surface area contributed by atoms with Crippen molar-refractivity contribution in [1.82, 2.24) is 10.2 Å². The Kier molecular flexibility index (Phi) is 8.01. The summed E-state index contributed by atoms with van der Waals surface area (Å²) in [5, 5.41) is 3.37. The molecule has 4 heteroatoms. The molecule has 0 aliphatic heterocycles. The van der Waals surface area contributed by atoms with Gasteiger partial charge in [0.25, 0.3) is 0 Å². The van der Waals surface area contributed by atoms with Crippen molar-refractivity contribution >= 4 is 5.97 Å². The summed E-state index contributed by atoms with van der Waals surface area (Å²) >= 11 is 0. The lowest BCUT2D eigenvalue weighted by molar-refractivity contribution is -0.142. The van der Waals surface area contributed by atoms with E-state index in [2.05, 4.69) is 31.1 Å². The first-order valence-electron chi connectivity index (χ1n) is 7.63. The van der Waals surface area contributed by atoms with Crippen LogP contribution in [0, 0.1) is 0 Å². The van der Waals surface area contributed by atoms with Gasteiger partial charge in [0.2, 0.25) is 0 Å². The van der Waals surface area contributed by atoms with Crippen molar-refractivity contribution < 1.29 is 9.53 Å². The van der Waals surface area contributed by atoms with Crippen LogP contribution in [-0.2, 0) is 9.53 Å². The maximum atomic E-state index is 11.9. The SMILES string of the molecule is CCC(C)N(C)CCNCC(C(=O)OC)c1ccccc1. The maximum absolute atomic E-state index is 11.9. The average molecular weight is 292 g/mol. The van der Waals surface area contributed by atoms with Crippen LogP contribution in [0.15, 0.2) is 30.3 Å². The number of hydrogen-bond donors (Lipinski definition) is 1. The number of methoxy groups -OCH3 is 1.